The van der Waals surface area contributed by atoms with Crippen molar-refractivity contribution in [2.75, 3.05) is 0 Å². The van der Waals surface area contributed by atoms with Gasteiger partial charge in [-0.3, -0.25) is 0 Å². The lowest BCUT2D eigenvalue weighted by Gasteiger charge is -2.32. The van der Waals surface area contributed by atoms with Gasteiger partial charge in [0.15, 0.2) is 8.07 Å². The van der Waals surface area contributed by atoms with Crippen LogP contribution in [0.5, 0.6) is 0 Å². The number of fused-ring (bicyclic) bond motifs is 8. The van der Waals surface area contributed by atoms with Crippen LogP contribution < -0.4 is 20.7 Å². The van der Waals surface area contributed by atoms with E-state index < -0.39 is 8.07 Å². The third kappa shape index (κ3) is 4.48. The summed E-state index contributed by atoms with van der Waals surface area (Å²) in [6.45, 7) is 14.0. The van der Waals surface area contributed by atoms with Crippen LogP contribution in [0.2, 0.25) is 0 Å². The maximum Gasteiger partial charge on any atom is 0.180 e. The summed E-state index contributed by atoms with van der Waals surface area (Å²) in [4.78, 5) is 0. The molecule has 0 saturated carbocycles. The van der Waals surface area contributed by atoms with Crippen molar-refractivity contribution in [2.45, 2.75) is 52.4 Å². The van der Waals surface area contributed by atoms with Crippen LogP contribution in [0.25, 0.3) is 70.9 Å². The molecular formula is C54H45NSi. The van der Waals surface area contributed by atoms with E-state index >= 15 is 0 Å². The number of para-hydroxylation sites is 1. The van der Waals surface area contributed by atoms with Crippen LogP contribution in [0.4, 0.5) is 0 Å². The molecule has 0 fully saturated rings. The molecule has 0 atom stereocenters. The Balaban J connectivity index is 1.32. The minimum atomic E-state index is -2.70. The van der Waals surface area contributed by atoms with Gasteiger partial charge in [0.1, 0.15) is 0 Å². The number of nitrogens with zero attached hydrogens (tertiary/aromatic N) is 1. The molecule has 2 heterocycles. The Kier molecular flexibility index (Phi) is 6.88. The van der Waals surface area contributed by atoms with E-state index in [4.69, 9.17) is 0 Å². The van der Waals surface area contributed by atoms with Gasteiger partial charge in [-0.15, -0.1) is 0 Å². The van der Waals surface area contributed by atoms with Crippen LogP contribution in [-0.2, 0) is 10.8 Å². The van der Waals surface area contributed by atoms with Gasteiger partial charge >= 0.3 is 0 Å². The zero-order valence-corrected chi connectivity index (χ0v) is 34.0. The maximum absolute atomic E-state index is 2.70. The smallest absolute Gasteiger partial charge is 0.180 e. The van der Waals surface area contributed by atoms with Gasteiger partial charge in [0.2, 0.25) is 0 Å². The van der Waals surface area contributed by atoms with Crippen molar-refractivity contribution < 1.29 is 0 Å². The molecule has 1 aromatic heterocycles. The van der Waals surface area contributed by atoms with Crippen molar-refractivity contribution in [3.8, 4) is 16.8 Å². The monoisotopic (exact) mass is 735 g/mol. The lowest BCUT2D eigenvalue weighted by atomic mass is 9.84. The van der Waals surface area contributed by atoms with Crippen molar-refractivity contribution >= 4 is 82.9 Å². The van der Waals surface area contributed by atoms with Crippen LogP contribution >= 0.6 is 0 Å². The Morgan fingerprint density at radius 2 is 0.964 bits per heavy atom. The van der Waals surface area contributed by atoms with Gasteiger partial charge < -0.3 is 4.57 Å². The van der Waals surface area contributed by atoms with Crippen LogP contribution in [0.15, 0.2) is 164 Å². The van der Waals surface area contributed by atoms with E-state index in [9.17, 15) is 0 Å². The van der Waals surface area contributed by atoms with Crippen molar-refractivity contribution in [3.63, 3.8) is 0 Å². The lowest BCUT2D eigenvalue weighted by Crippen LogP contribution is -2.72. The van der Waals surface area contributed by atoms with E-state index in [0.29, 0.717) is 0 Å². The second-order valence-corrected chi connectivity index (χ2v) is 21.9. The molecular weight excluding hydrogens is 691 g/mol. The van der Waals surface area contributed by atoms with Crippen molar-refractivity contribution in [1.29, 1.82) is 0 Å². The average Bonchev–Trinajstić information content (AvgIpc) is 3.69. The highest BCUT2D eigenvalue weighted by molar-refractivity contribution is 7.22. The Hall–Kier alpha value is -5.96. The topological polar surface area (TPSA) is 4.93 Å². The third-order valence-electron chi connectivity index (χ3n) is 12.9. The zero-order valence-electron chi connectivity index (χ0n) is 33.0. The maximum atomic E-state index is 2.61. The van der Waals surface area contributed by atoms with E-state index in [2.05, 4.69) is 210 Å². The molecule has 0 bridgehead atoms. The second-order valence-electron chi connectivity index (χ2n) is 18.1. The Bertz CT molecular complexity index is 3140. The highest BCUT2D eigenvalue weighted by Gasteiger charge is 2.49. The second kappa shape index (κ2) is 11.5. The molecule has 1 aliphatic rings. The van der Waals surface area contributed by atoms with Crippen LogP contribution in [-0.4, -0.2) is 12.6 Å². The van der Waals surface area contributed by atoms with E-state index in [-0.39, 0.29) is 10.8 Å². The number of hydrogen-bond acceptors (Lipinski definition) is 0. The van der Waals surface area contributed by atoms with Gasteiger partial charge in [0.05, 0.1) is 11.0 Å². The summed E-state index contributed by atoms with van der Waals surface area (Å²) in [5.41, 5.74) is 9.32. The molecule has 0 aliphatic carbocycles. The van der Waals surface area contributed by atoms with Crippen LogP contribution in [0.1, 0.15) is 52.7 Å². The summed E-state index contributed by atoms with van der Waals surface area (Å²) in [6, 6.07) is 63.2. The molecule has 11 rings (SSSR count). The molecule has 9 aromatic carbocycles. The summed E-state index contributed by atoms with van der Waals surface area (Å²) in [6.07, 6.45) is 0. The third-order valence-corrected chi connectivity index (χ3v) is 17.7. The first kappa shape index (κ1) is 33.4. The molecule has 56 heavy (non-hydrogen) atoms. The molecule has 270 valence electrons. The van der Waals surface area contributed by atoms with Crippen LogP contribution in [0.3, 0.4) is 0 Å². The zero-order chi connectivity index (χ0) is 38.1. The van der Waals surface area contributed by atoms with Crippen LogP contribution in [0, 0.1) is 0 Å². The van der Waals surface area contributed by atoms with Gasteiger partial charge in [0.25, 0.3) is 0 Å². The highest BCUT2D eigenvalue weighted by atomic mass is 28.3. The fourth-order valence-electron chi connectivity index (χ4n) is 10.2. The van der Waals surface area contributed by atoms with E-state index in [1.165, 1.54) is 103 Å². The van der Waals surface area contributed by atoms with E-state index in [1.54, 1.807) is 0 Å². The number of benzene rings is 9. The number of rotatable bonds is 3. The average molecular weight is 736 g/mol. The minimum Gasteiger partial charge on any atom is -0.309 e. The van der Waals surface area contributed by atoms with Gasteiger partial charge in [-0.1, -0.05) is 175 Å². The van der Waals surface area contributed by atoms with Crippen molar-refractivity contribution in [2.24, 2.45) is 0 Å². The molecule has 1 aliphatic heterocycles. The highest BCUT2D eigenvalue weighted by Crippen LogP contribution is 2.47. The molecule has 0 saturated heterocycles. The SMILES string of the molecule is CC(C)(C)c1ccc2c(c1)-c1c(cc3ccc4c5c(ccc1c35)cc1c4c3cc(C(C)(C)C)ccc3n1-c1ccccc1)[Si]2(c1ccccc1)c1ccccc1. The van der Waals surface area contributed by atoms with E-state index in [0.717, 1.165) is 0 Å². The first-order chi connectivity index (χ1) is 27.0. The molecule has 0 radical (unpaired) electrons. The Morgan fingerprint density at radius 3 is 1.61 bits per heavy atom. The Morgan fingerprint density at radius 1 is 0.411 bits per heavy atom. The number of aromatic nitrogens is 1. The van der Waals surface area contributed by atoms with Gasteiger partial charge in [-0.05, 0) is 116 Å². The predicted molar refractivity (Wildman–Crippen MR) is 244 cm³/mol. The number of hydrogen-bond donors (Lipinski definition) is 0. The molecule has 0 unspecified atom stereocenters. The standard InChI is InChI=1S/C54H45NSi/c1-53(2,3)36-24-28-45-43(32-36)51-41-26-23-35-31-48-52(42-27-22-34(49(41)50(35)42)30-46(51)55(45)38-16-10-7-11-17-38)44-33-37(54(4,5)6)25-29-47(44)56(48,39-18-12-8-13-19-39)40-20-14-9-15-21-40/h7-33H,1-6H3. The molecule has 10 aromatic rings. The lowest BCUT2D eigenvalue weighted by molar-refractivity contribution is 0.590. The quantitative estimate of drug-likeness (QED) is 0.126. The molecule has 0 spiro atoms. The van der Waals surface area contributed by atoms with Gasteiger partial charge in [-0.25, -0.2) is 0 Å². The van der Waals surface area contributed by atoms with Crippen molar-refractivity contribution in [1.82, 2.24) is 4.57 Å². The predicted octanol–water partition coefficient (Wildman–Crippen LogP) is 11.6. The fraction of sp³-hybridized carbons (Fsp3) is 0.148. The molecule has 1 nitrogen and oxygen atoms in total. The summed E-state index contributed by atoms with van der Waals surface area (Å²) >= 11 is 0. The molecule has 0 N–H and O–H groups in total. The summed E-state index contributed by atoms with van der Waals surface area (Å²) in [5, 5.41) is 16.6. The molecule has 2 heteroatoms. The summed E-state index contributed by atoms with van der Waals surface area (Å²) in [5.74, 6) is 0. The van der Waals surface area contributed by atoms with Crippen molar-refractivity contribution in [3.05, 3.63) is 175 Å². The summed E-state index contributed by atoms with van der Waals surface area (Å²) in [7, 11) is -2.70. The first-order valence-corrected chi connectivity index (χ1v) is 22.1. The first-order valence-electron chi connectivity index (χ1n) is 20.1. The largest absolute Gasteiger partial charge is 0.309 e. The van der Waals surface area contributed by atoms with Gasteiger partial charge in [0, 0.05) is 16.5 Å². The van der Waals surface area contributed by atoms with Gasteiger partial charge in [-0.2, -0.15) is 0 Å². The summed E-state index contributed by atoms with van der Waals surface area (Å²) < 4.78 is 2.48. The molecule has 0 amide bonds. The van der Waals surface area contributed by atoms with E-state index in [1.807, 2.05) is 0 Å². The normalized spacial score (nSPS) is 14.0. The minimum absolute atomic E-state index is 0.0236. The Labute approximate surface area is 330 Å². The fourth-order valence-corrected chi connectivity index (χ4v) is 15.4.